The van der Waals surface area contributed by atoms with Crippen LogP contribution in [0, 0.1) is 0 Å². The van der Waals surface area contributed by atoms with E-state index >= 15 is 0 Å². The maximum atomic E-state index is 11.9. The molecule has 0 aromatic carbocycles. The first kappa shape index (κ1) is 13.6. The molecule has 2 rings (SSSR count). The Morgan fingerprint density at radius 2 is 2.00 bits per heavy atom. The first-order chi connectivity index (χ1) is 7.10. The van der Waals surface area contributed by atoms with Crippen molar-refractivity contribution < 1.29 is 8.42 Å². The number of hydrogen-bond acceptors (Lipinski definition) is 5. The van der Waals surface area contributed by atoms with E-state index in [0.717, 1.165) is 6.54 Å². The molecule has 1 fully saturated rings. The molecule has 8 heteroatoms. The summed E-state index contributed by atoms with van der Waals surface area (Å²) in [5.41, 5.74) is 0. The van der Waals surface area contributed by atoms with Crippen molar-refractivity contribution in [1.29, 1.82) is 0 Å². The van der Waals surface area contributed by atoms with Crippen molar-refractivity contribution in [2.75, 3.05) is 13.1 Å². The number of aromatic nitrogens is 2. The van der Waals surface area contributed by atoms with Gasteiger partial charge in [0, 0.05) is 6.54 Å². The van der Waals surface area contributed by atoms with Gasteiger partial charge in [-0.3, -0.25) is 0 Å². The smallest absolute Gasteiger partial charge is 0.247 e. The molecular weight excluding hydrogens is 273 g/mol. The molecule has 0 saturated carbocycles. The van der Waals surface area contributed by atoms with Gasteiger partial charge >= 0.3 is 0 Å². The Morgan fingerprint density at radius 1 is 1.38 bits per heavy atom. The average Bonchev–Trinajstić information content (AvgIpc) is 2.71. The van der Waals surface area contributed by atoms with Crippen molar-refractivity contribution in [3.8, 4) is 0 Å². The van der Waals surface area contributed by atoms with Crippen molar-refractivity contribution in [2.24, 2.45) is 0 Å². The van der Waals surface area contributed by atoms with Gasteiger partial charge in [0.2, 0.25) is 15.0 Å². The second kappa shape index (κ2) is 5.27. The van der Waals surface area contributed by atoms with E-state index in [1.807, 2.05) is 0 Å². The van der Waals surface area contributed by atoms with Gasteiger partial charge in [-0.2, -0.15) is 0 Å². The third-order valence-corrected chi connectivity index (χ3v) is 4.50. The van der Waals surface area contributed by atoms with E-state index in [9.17, 15) is 8.42 Å². The Kier molecular flexibility index (Phi) is 4.49. The lowest BCUT2D eigenvalue weighted by Crippen LogP contribution is -2.25. The van der Waals surface area contributed by atoms with E-state index < -0.39 is 15.1 Å². The van der Waals surface area contributed by atoms with Crippen LogP contribution in [0.3, 0.4) is 0 Å². The molecule has 0 radical (unpaired) electrons. The number of halogens is 2. The number of hydrogen-bond donors (Lipinski definition) is 1. The molecule has 1 atom stereocenters. The number of nitrogens with zero attached hydrogens (tertiary/aromatic N) is 2. The zero-order chi connectivity index (χ0) is 10.9. The van der Waals surface area contributed by atoms with Crippen LogP contribution in [-0.4, -0.2) is 36.7 Å². The predicted octanol–water partition coefficient (Wildman–Crippen LogP) is 0.687. The van der Waals surface area contributed by atoms with E-state index in [-0.39, 0.29) is 17.6 Å². The van der Waals surface area contributed by atoms with E-state index in [1.165, 1.54) is 12.4 Å². The zero-order valence-electron chi connectivity index (χ0n) is 8.26. The first-order valence-electron chi connectivity index (χ1n) is 4.53. The van der Waals surface area contributed by atoms with Crippen molar-refractivity contribution in [2.45, 2.75) is 16.8 Å². The van der Waals surface area contributed by atoms with Gasteiger partial charge in [-0.15, -0.1) is 12.4 Å². The highest BCUT2D eigenvalue weighted by atomic mass is 35.5. The second-order valence-electron chi connectivity index (χ2n) is 3.34. The van der Waals surface area contributed by atoms with Crippen molar-refractivity contribution in [3.63, 3.8) is 0 Å². The number of sulfone groups is 1. The van der Waals surface area contributed by atoms with Crippen LogP contribution in [0.25, 0.3) is 0 Å². The van der Waals surface area contributed by atoms with E-state index in [2.05, 4.69) is 15.3 Å². The molecule has 90 valence electrons. The van der Waals surface area contributed by atoms with E-state index in [4.69, 9.17) is 11.6 Å². The lowest BCUT2D eigenvalue weighted by Gasteiger charge is -2.07. The molecular formula is C8H11Cl2N3O2S. The summed E-state index contributed by atoms with van der Waals surface area (Å²) in [4.78, 5) is 7.47. The molecule has 1 aromatic rings. The summed E-state index contributed by atoms with van der Waals surface area (Å²) in [5.74, 6) is 0. The quantitative estimate of drug-likeness (QED) is 0.809. The normalized spacial score (nSPS) is 20.4. The van der Waals surface area contributed by atoms with Crippen LogP contribution in [0.5, 0.6) is 0 Å². The summed E-state index contributed by atoms with van der Waals surface area (Å²) in [6.45, 7) is 1.19. The standard InChI is InChI=1S/C8H10ClN3O2S.ClH/c9-6-3-11-8(12-4-6)15(13,14)7-1-2-10-5-7;/h3-4,7,10H,1-2,5H2;1H/t7-;/m1./s1. The summed E-state index contributed by atoms with van der Waals surface area (Å²) in [7, 11) is -3.40. The minimum atomic E-state index is -3.40. The molecule has 0 bridgehead atoms. The van der Waals surface area contributed by atoms with Gasteiger partial charge in [-0.05, 0) is 13.0 Å². The molecule has 1 aliphatic rings. The van der Waals surface area contributed by atoms with Crippen LogP contribution in [-0.2, 0) is 9.84 Å². The summed E-state index contributed by atoms with van der Waals surface area (Å²) >= 11 is 5.59. The summed E-state index contributed by atoms with van der Waals surface area (Å²) in [5, 5.41) is 2.77. The Labute approximate surface area is 105 Å². The fourth-order valence-corrected chi connectivity index (χ4v) is 3.05. The zero-order valence-corrected chi connectivity index (χ0v) is 10.6. The van der Waals surface area contributed by atoms with Crippen LogP contribution >= 0.6 is 24.0 Å². The highest BCUT2D eigenvalue weighted by Crippen LogP contribution is 2.17. The second-order valence-corrected chi connectivity index (χ2v) is 5.90. The average molecular weight is 284 g/mol. The highest BCUT2D eigenvalue weighted by molar-refractivity contribution is 7.91. The molecule has 5 nitrogen and oxygen atoms in total. The minimum Gasteiger partial charge on any atom is -0.315 e. The van der Waals surface area contributed by atoms with Crippen LogP contribution in [0.4, 0.5) is 0 Å². The van der Waals surface area contributed by atoms with Crippen molar-refractivity contribution in [1.82, 2.24) is 15.3 Å². The Balaban J connectivity index is 0.00000128. The molecule has 0 spiro atoms. The fourth-order valence-electron chi connectivity index (χ4n) is 1.49. The Bertz CT molecular complexity index is 443. The Hall–Kier alpha value is -0.430. The third-order valence-electron chi connectivity index (χ3n) is 2.31. The topological polar surface area (TPSA) is 72.0 Å². The maximum absolute atomic E-state index is 11.9. The van der Waals surface area contributed by atoms with Crippen LogP contribution < -0.4 is 5.32 Å². The van der Waals surface area contributed by atoms with Gasteiger partial charge in [0.15, 0.2) is 0 Å². The lowest BCUT2D eigenvalue weighted by atomic mass is 10.4. The van der Waals surface area contributed by atoms with Gasteiger partial charge in [-0.25, -0.2) is 18.4 Å². The Morgan fingerprint density at radius 3 is 2.50 bits per heavy atom. The summed E-state index contributed by atoms with van der Waals surface area (Å²) in [6, 6.07) is 0. The molecule has 1 aromatic heterocycles. The van der Waals surface area contributed by atoms with Gasteiger partial charge in [0.05, 0.1) is 22.7 Å². The first-order valence-corrected chi connectivity index (χ1v) is 6.45. The molecule has 0 aliphatic carbocycles. The third kappa shape index (κ3) is 2.63. The molecule has 1 saturated heterocycles. The highest BCUT2D eigenvalue weighted by Gasteiger charge is 2.32. The van der Waals surface area contributed by atoms with Crippen LogP contribution in [0.2, 0.25) is 5.02 Å². The molecule has 2 heterocycles. The van der Waals surface area contributed by atoms with E-state index in [0.29, 0.717) is 18.0 Å². The van der Waals surface area contributed by atoms with Gasteiger partial charge in [-0.1, -0.05) is 11.6 Å². The van der Waals surface area contributed by atoms with Crippen molar-refractivity contribution in [3.05, 3.63) is 17.4 Å². The van der Waals surface area contributed by atoms with Gasteiger partial charge < -0.3 is 5.32 Å². The summed E-state index contributed by atoms with van der Waals surface area (Å²) < 4.78 is 23.9. The fraction of sp³-hybridized carbons (Fsp3) is 0.500. The number of rotatable bonds is 2. The molecule has 1 N–H and O–H groups in total. The maximum Gasteiger partial charge on any atom is 0.247 e. The van der Waals surface area contributed by atoms with Crippen molar-refractivity contribution >= 4 is 33.8 Å². The van der Waals surface area contributed by atoms with Gasteiger partial charge in [0.1, 0.15) is 0 Å². The molecule has 16 heavy (non-hydrogen) atoms. The minimum absolute atomic E-state index is 0. The van der Waals surface area contributed by atoms with Gasteiger partial charge in [0.25, 0.3) is 0 Å². The molecule has 1 aliphatic heterocycles. The van der Waals surface area contributed by atoms with Crippen LogP contribution in [0.15, 0.2) is 17.6 Å². The number of nitrogens with one attached hydrogen (secondary N) is 1. The lowest BCUT2D eigenvalue weighted by molar-refractivity contribution is 0.573. The largest absolute Gasteiger partial charge is 0.315 e. The summed E-state index contributed by atoms with van der Waals surface area (Å²) in [6.07, 6.45) is 3.20. The molecule has 0 unspecified atom stereocenters. The monoisotopic (exact) mass is 283 g/mol. The van der Waals surface area contributed by atoms with Crippen LogP contribution in [0.1, 0.15) is 6.42 Å². The predicted molar refractivity (Wildman–Crippen MR) is 62.8 cm³/mol. The molecule has 0 amide bonds. The van der Waals surface area contributed by atoms with E-state index in [1.54, 1.807) is 0 Å². The SMILES string of the molecule is Cl.O=S(=O)(c1ncc(Cl)cn1)[C@@H]1CCNC1.